The number of aryl methyl sites for hydroxylation is 1. The fraction of sp³-hybridized carbons (Fsp3) is 0.286. The predicted octanol–water partition coefficient (Wildman–Crippen LogP) is 6.04. The Bertz CT molecular complexity index is 1390. The van der Waals surface area contributed by atoms with Gasteiger partial charge >= 0.3 is 0 Å². The molecular formula is C28H27F2N3O2. The molecule has 35 heavy (non-hydrogen) atoms. The highest BCUT2D eigenvalue weighted by atomic mass is 19.1. The summed E-state index contributed by atoms with van der Waals surface area (Å²) in [6, 6.07) is 16.0. The molecule has 5 rings (SSSR count). The molecule has 1 saturated carbocycles. The van der Waals surface area contributed by atoms with Crippen LogP contribution in [0.15, 0.2) is 66.9 Å². The van der Waals surface area contributed by atoms with Crippen molar-refractivity contribution in [2.75, 3.05) is 0 Å². The van der Waals surface area contributed by atoms with Crippen LogP contribution in [-0.4, -0.2) is 21.7 Å². The van der Waals surface area contributed by atoms with Crippen LogP contribution in [0.25, 0.3) is 16.6 Å². The molecule has 0 radical (unpaired) electrons. The summed E-state index contributed by atoms with van der Waals surface area (Å²) in [5, 5.41) is 8.40. The van der Waals surface area contributed by atoms with Crippen LogP contribution in [0.1, 0.15) is 43.9 Å². The van der Waals surface area contributed by atoms with Crippen LogP contribution in [-0.2, 0) is 4.79 Å². The molecule has 1 aromatic heterocycles. The standard InChI is InChI=1S/C28H27F2N3O2/c1-17-14-21(30)6-10-24(17)26(18(2)32-27(34)28(3)12-13-28)35-23-9-11-25-19(15-23)16-31-33(25)22-7-4-20(29)5-8-22/h4-11,14-16,18,26H,12-13H2,1-3H3,(H,32,34)/t18-,26-/m0/s1. The Morgan fingerprint density at radius 3 is 2.46 bits per heavy atom. The SMILES string of the molecule is Cc1cc(F)ccc1[C@@H](Oc1ccc2c(cnn2-c2ccc(F)cc2)c1)[C@H](C)NC(=O)C1(C)CC1. The maximum Gasteiger partial charge on any atom is 0.226 e. The van der Waals surface area contributed by atoms with Gasteiger partial charge in [-0.2, -0.15) is 5.10 Å². The number of benzene rings is 3. The van der Waals surface area contributed by atoms with E-state index in [4.69, 9.17) is 4.74 Å². The Kier molecular flexibility index (Phi) is 5.79. The average Bonchev–Trinajstić information content (AvgIpc) is 3.45. The molecule has 0 bridgehead atoms. The van der Waals surface area contributed by atoms with Crippen molar-refractivity contribution in [3.05, 3.63) is 89.6 Å². The Balaban J connectivity index is 1.45. The van der Waals surface area contributed by atoms with Crippen molar-refractivity contribution in [3.8, 4) is 11.4 Å². The summed E-state index contributed by atoms with van der Waals surface area (Å²) in [5.74, 6) is -0.0141. The maximum absolute atomic E-state index is 13.8. The zero-order valence-electron chi connectivity index (χ0n) is 19.9. The average molecular weight is 476 g/mol. The van der Waals surface area contributed by atoms with Gasteiger partial charge in [0.1, 0.15) is 23.5 Å². The summed E-state index contributed by atoms with van der Waals surface area (Å²) >= 11 is 0. The van der Waals surface area contributed by atoms with Crippen molar-refractivity contribution in [1.29, 1.82) is 0 Å². The molecule has 2 atom stereocenters. The lowest BCUT2D eigenvalue weighted by molar-refractivity contribution is -0.127. The number of amides is 1. The van der Waals surface area contributed by atoms with E-state index in [1.165, 1.54) is 24.3 Å². The van der Waals surface area contributed by atoms with E-state index in [1.807, 2.05) is 39.0 Å². The highest BCUT2D eigenvalue weighted by Gasteiger charge is 2.45. The highest BCUT2D eigenvalue weighted by Crippen LogP contribution is 2.45. The second kappa shape index (κ2) is 8.80. The number of aromatic nitrogens is 2. The van der Waals surface area contributed by atoms with Crippen molar-refractivity contribution in [3.63, 3.8) is 0 Å². The number of carbonyl (C=O) groups is 1. The van der Waals surface area contributed by atoms with E-state index in [0.29, 0.717) is 5.75 Å². The molecule has 0 saturated heterocycles. The molecule has 1 aliphatic rings. The van der Waals surface area contributed by atoms with E-state index in [0.717, 1.165) is 40.6 Å². The first-order valence-corrected chi connectivity index (χ1v) is 11.7. The van der Waals surface area contributed by atoms with Gasteiger partial charge in [0.25, 0.3) is 0 Å². The van der Waals surface area contributed by atoms with Gasteiger partial charge in [0, 0.05) is 10.8 Å². The second-order valence-corrected chi connectivity index (χ2v) is 9.62. The molecule has 1 aliphatic carbocycles. The number of carbonyl (C=O) groups excluding carboxylic acids is 1. The molecule has 0 aliphatic heterocycles. The van der Waals surface area contributed by atoms with Crippen molar-refractivity contribution < 1.29 is 18.3 Å². The van der Waals surface area contributed by atoms with E-state index in [1.54, 1.807) is 29.1 Å². The third-order valence-corrected chi connectivity index (χ3v) is 6.77. The van der Waals surface area contributed by atoms with Gasteiger partial charge in [-0.1, -0.05) is 13.0 Å². The van der Waals surface area contributed by atoms with Crippen LogP contribution >= 0.6 is 0 Å². The zero-order valence-corrected chi connectivity index (χ0v) is 19.9. The molecule has 5 nitrogen and oxygen atoms in total. The Morgan fingerprint density at radius 1 is 1.06 bits per heavy atom. The minimum absolute atomic E-state index is 0.00870. The minimum Gasteiger partial charge on any atom is -0.484 e. The molecule has 0 spiro atoms. The first-order chi connectivity index (χ1) is 16.7. The highest BCUT2D eigenvalue weighted by molar-refractivity contribution is 5.85. The van der Waals surface area contributed by atoms with Crippen molar-refractivity contribution in [2.45, 2.75) is 45.8 Å². The monoisotopic (exact) mass is 475 g/mol. The lowest BCUT2D eigenvalue weighted by atomic mass is 9.97. The fourth-order valence-electron chi connectivity index (χ4n) is 4.28. The van der Waals surface area contributed by atoms with Gasteiger partial charge in [0.15, 0.2) is 0 Å². The normalized spacial score (nSPS) is 16.0. The van der Waals surface area contributed by atoms with E-state index >= 15 is 0 Å². The summed E-state index contributed by atoms with van der Waals surface area (Å²) in [6.07, 6.45) is 2.96. The van der Waals surface area contributed by atoms with Crippen molar-refractivity contribution >= 4 is 16.8 Å². The van der Waals surface area contributed by atoms with Gasteiger partial charge in [-0.05, 0) is 92.4 Å². The molecular weight excluding hydrogens is 448 g/mol. The summed E-state index contributed by atoms with van der Waals surface area (Å²) in [4.78, 5) is 12.7. The van der Waals surface area contributed by atoms with Crippen LogP contribution in [0.4, 0.5) is 8.78 Å². The summed E-state index contributed by atoms with van der Waals surface area (Å²) in [7, 11) is 0. The van der Waals surface area contributed by atoms with Crippen molar-refractivity contribution in [1.82, 2.24) is 15.1 Å². The number of nitrogens with zero attached hydrogens (tertiary/aromatic N) is 2. The number of halogens is 2. The van der Waals surface area contributed by atoms with Crippen LogP contribution in [0.3, 0.4) is 0 Å². The van der Waals surface area contributed by atoms with E-state index in [-0.39, 0.29) is 29.0 Å². The number of ether oxygens (including phenoxy) is 1. The summed E-state index contributed by atoms with van der Waals surface area (Å²) in [6.45, 7) is 5.70. The molecule has 1 fully saturated rings. The molecule has 1 amide bonds. The topological polar surface area (TPSA) is 56.1 Å². The van der Waals surface area contributed by atoms with Crippen molar-refractivity contribution in [2.24, 2.45) is 5.41 Å². The maximum atomic E-state index is 13.8. The fourth-order valence-corrected chi connectivity index (χ4v) is 4.28. The van der Waals surface area contributed by atoms with Gasteiger partial charge in [0.2, 0.25) is 5.91 Å². The number of hydrogen-bond acceptors (Lipinski definition) is 3. The summed E-state index contributed by atoms with van der Waals surface area (Å²) < 4.78 is 35.3. The third-order valence-electron chi connectivity index (χ3n) is 6.77. The molecule has 3 aromatic carbocycles. The van der Waals surface area contributed by atoms with Gasteiger partial charge in [-0.3, -0.25) is 4.79 Å². The first kappa shape index (κ1) is 23.0. The largest absolute Gasteiger partial charge is 0.484 e. The summed E-state index contributed by atoms with van der Waals surface area (Å²) in [5.41, 5.74) is 2.84. The second-order valence-electron chi connectivity index (χ2n) is 9.62. The zero-order chi connectivity index (χ0) is 24.7. The molecule has 1 N–H and O–H groups in total. The quantitative estimate of drug-likeness (QED) is 0.355. The molecule has 7 heteroatoms. The van der Waals surface area contributed by atoms with Gasteiger partial charge in [-0.25, -0.2) is 13.5 Å². The molecule has 1 heterocycles. The molecule has 180 valence electrons. The van der Waals surface area contributed by atoms with Crippen LogP contribution in [0.2, 0.25) is 0 Å². The number of hydrogen-bond donors (Lipinski definition) is 1. The Morgan fingerprint density at radius 2 is 1.77 bits per heavy atom. The number of fused-ring (bicyclic) bond motifs is 1. The number of nitrogens with one attached hydrogen (secondary N) is 1. The van der Waals surface area contributed by atoms with Gasteiger partial charge < -0.3 is 10.1 Å². The van der Waals surface area contributed by atoms with Crippen LogP contribution in [0.5, 0.6) is 5.75 Å². The lowest BCUT2D eigenvalue weighted by Crippen LogP contribution is -2.42. The van der Waals surface area contributed by atoms with Crippen LogP contribution < -0.4 is 10.1 Å². The predicted molar refractivity (Wildman–Crippen MR) is 130 cm³/mol. The van der Waals surface area contributed by atoms with Gasteiger partial charge in [-0.15, -0.1) is 0 Å². The Hall–Kier alpha value is -3.74. The number of rotatable bonds is 7. The smallest absolute Gasteiger partial charge is 0.226 e. The lowest BCUT2D eigenvalue weighted by Gasteiger charge is -2.28. The third kappa shape index (κ3) is 4.63. The van der Waals surface area contributed by atoms with E-state index in [2.05, 4.69) is 10.4 Å². The van der Waals surface area contributed by atoms with E-state index < -0.39 is 6.10 Å². The van der Waals surface area contributed by atoms with Crippen LogP contribution in [0, 0.1) is 24.0 Å². The first-order valence-electron chi connectivity index (χ1n) is 11.7. The molecule has 0 unspecified atom stereocenters. The molecule has 4 aromatic rings. The van der Waals surface area contributed by atoms with Gasteiger partial charge in [0.05, 0.1) is 23.4 Å². The minimum atomic E-state index is -0.522. The Labute approximate surface area is 202 Å². The van der Waals surface area contributed by atoms with E-state index in [9.17, 15) is 13.6 Å².